The number of rotatable bonds is 6. The SMILES string of the molecule is CC12CC(C(=O)Nc3c[nH]c4ccc(OCCc5ccc(C(F)(F)F)cc5)cc34)(C1)C2. The quantitative estimate of drug-likeness (QED) is 0.511. The number of benzene rings is 2. The van der Waals surface area contributed by atoms with Crippen LogP contribution in [0.15, 0.2) is 48.7 Å². The molecule has 162 valence electrons. The summed E-state index contributed by atoms with van der Waals surface area (Å²) in [6.07, 6.45) is 0.853. The van der Waals surface area contributed by atoms with Crippen molar-refractivity contribution in [3.05, 3.63) is 59.8 Å². The Morgan fingerprint density at radius 3 is 2.48 bits per heavy atom. The fourth-order valence-electron chi connectivity index (χ4n) is 5.23. The number of alkyl halides is 3. The third-order valence-corrected chi connectivity index (χ3v) is 6.62. The second-order valence-corrected chi connectivity index (χ2v) is 9.28. The highest BCUT2D eigenvalue weighted by atomic mass is 19.4. The fourth-order valence-corrected chi connectivity index (χ4v) is 5.23. The van der Waals surface area contributed by atoms with Gasteiger partial charge in [-0.15, -0.1) is 0 Å². The average molecular weight is 428 g/mol. The maximum Gasteiger partial charge on any atom is 0.416 e. The van der Waals surface area contributed by atoms with Crippen LogP contribution in [0.5, 0.6) is 5.75 Å². The Morgan fingerprint density at radius 1 is 1.13 bits per heavy atom. The Kier molecular flexibility index (Phi) is 4.36. The highest BCUT2D eigenvalue weighted by molar-refractivity contribution is 6.05. The van der Waals surface area contributed by atoms with Crippen LogP contribution in [0.2, 0.25) is 0 Å². The van der Waals surface area contributed by atoms with Crippen molar-refractivity contribution in [2.45, 2.75) is 38.8 Å². The first-order valence-electron chi connectivity index (χ1n) is 10.4. The summed E-state index contributed by atoms with van der Waals surface area (Å²) < 4.78 is 43.8. The lowest BCUT2D eigenvalue weighted by atomic mass is 9.35. The number of hydrogen-bond donors (Lipinski definition) is 2. The number of amides is 1. The molecule has 0 saturated heterocycles. The van der Waals surface area contributed by atoms with Crippen molar-refractivity contribution in [1.29, 1.82) is 0 Å². The molecule has 1 aromatic heterocycles. The zero-order valence-electron chi connectivity index (χ0n) is 17.1. The molecule has 0 spiro atoms. The third-order valence-electron chi connectivity index (χ3n) is 6.62. The number of halogens is 3. The summed E-state index contributed by atoms with van der Waals surface area (Å²) in [6, 6.07) is 10.7. The van der Waals surface area contributed by atoms with Gasteiger partial charge in [0.25, 0.3) is 0 Å². The predicted molar refractivity (Wildman–Crippen MR) is 112 cm³/mol. The molecule has 7 heteroatoms. The summed E-state index contributed by atoms with van der Waals surface area (Å²) in [7, 11) is 0. The molecular formula is C24H23F3N2O2. The second-order valence-electron chi connectivity index (χ2n) is 9.28. The standard InChI is InChI=1S/C24H23F3N2O2/c1-22-12-23(13-22,14-22)21(30)29-20-11-28-19-7-6-17(10-18(19)20)31-9-8-15-2-4-16(5-3-15)24(25,26)27/h2-7,10-11,28H,8-9,12-14H2,1H3,(H,29,30). The molecule has 2 aromatic carbocycles. The van der Waals surface area contributed by atoms with Gasteiger partial charge in [0.05, 0.1) is 23.3 Å². The molecule has 1 heterocycles. The summed E-state index contributed by atoms with van der Waals surface area (Å²) in [5.74, 6) is 0.735. The number of nitrogens with one attached hydrogen (secondary N) is 2. The summed E-state index contributed by atoms with van der Waals surface area (Å²) in [4.78, 5) is 15.9. The van der Waals surface area contributed by atoms with Gasteiger partial charge >= 0.3 is 6.18 Å². The fraction of sp³-hybridized carbons (Fsp3) is 0.375. The largest absolute Gasteiger partial charge is 0.493 e. The minimum absolute atomic E-state index is 0.0887. The van der Waals surface area contributed by atoms with Crippen LogP contribution in [0.1, 0.15) is 37.3 Å². The number of aromatic amines is 1. The summed E-state index contributed by atoms with van der Waals surface area (Å²) >= 11 is 0. The molecule has 3 aliphatic rings. The zero-order chi connectivity index (χ0) is 21.9. The van der Waals surface area contributed by atoms with E-state index in [4.69, 9.17) is 4.74 Å². The van der Waals surface area contributed by atoms with Crippen molar-refractivity contribution in [3.8, 4) is 5.75 Å². The first-order valence-corrected chi connectivity index (χ1v) is 10.4. The van der Waals surface area contributed by atoms with Crippen LogP contribution in [0.3, 0.4) is 0 Å². The van der Waals surface area contributed by atoms with E-state index in [1.165, 1.54) is 12.1 Å². The smallest absolute Gasteiger partial charge is 0.416 e. The third kappa shape index (κ3) is 3.56. The molecule has 0 unspecified atom stereocenters. The Labute approximate surface area is 177 Å². The van der Waals surface area contributed by atoms with E-state index in [0.717, 1.165) is 53.5 Å². The molecule has 2 N–H and O–H groups in total. The van der Waals surface area contributed by atoms with Gasteiger partial charge in [-0.25, -0.2) is 0 Å². The Bertz CT molecular complexity index is 1130. The number of aromatic nitrogens is 1. The van der Waals surface area contributed by atoms with Crippen molar-refractivity contribution < 1.29 is 22.7 Å². The van der Waals surface area contributed by atoms with Crippen molar-refractivity contribution in [2.75, 3.05) is 11.9 Å². The van der Waals surface area contributed by atoms with E-state index in [9.17, 15) is 18.0 Å². The molecule has 3 aromatic rings. The molecule has 0 radical (unpaired) electrons. The first-order chi connectivity index (χ1) is 14.7. The number of ether oxygens (including phenoxy) is 1. The molecule has 0 atom stereocenters. The van der Waals surface area contributed by atoms with E-state index in [1.54, 1.807) is 6.20 Å². The molecule has 1 amide bonds. The minimum Gasteiger partial charge on any atom is -0.493 e. The molecular weight excluding hydrogens is 405 g/mol. The van der Waals surface area contributed by atoms with Crippen LogP contribution in [0, 0.1) is 10.8 Å². The Balaban J connectivity index is 1.22. The van der Waals surface area contributed by atoms with Crippen LogP contribution < -0.4 is 10.1 Å². The normalized spacial score (nSPS) is 24.4. The highest BCUT2D eigenvalue weighted by Crippen LogP contribution is 2.73. The van der Waals surface area contributed by atoms with E-state index in [-0.39, 0.29) is 11.3 Å². The Hall–Kier alpha value is -2.96. The van der Waals surface area contributed by atoms with Gasteiger partial charge in [0.2, 0.25) is 5.91 Å². The number of anilines is 1. The lowest BCUT2D eigenvalue weighted by Gasteiger charge is -2.68. The molecule has 4 nitrogen and oxygen atoms in total. The highest BCUT2D eigenvalue weighted by Gasteiger charge is 2.68. The average Bonchev–Trinajstić information content (AvgIpc) is 3.06. The summed E-state index contributed by atoms with van der Waals surface area (Å²) in [5.41, 5.74) is 1.94. The molecule has 3 aliphatic carbocycles. The first kappa shape index (κ1) is 20.0. The van der Waals surface area contributed by atoms with E-state index in [0.29, 0.717) is 24.2 Å². The van der Waals surface area contributed by atoms with Gasteiger partial charge in [0, 0.05) is 23.5 Å². The van der Waals surface area contributed by atoms with Gasteiger partial charge in [0.1, 0.15) is 5.75 Å². The van der Waals surface area contributed by atoms with Crippen LogP contribution in [0.4, 0.5) is 18.9 Å². The molecule has 3 fully saturated rings. The minimum atomic E-state index is -4.33. The molecule has 31 heavy (non-hydrogen) atoms. The van der Waals surface area contributed by atoms with Crippen LogP contribution in [-0.2, 0) is 17.4 Å². The lowest BCUT2D eigenvalue weighted by Crippen LogP contribution is -2.65. The molecule has 3 saturated carbocycles. The number of fused-ring (bicyclic) bond motifs is 1. The van der Waals surface area contributed by atoms with E-state index < -0.39 is 11.7 Å². The van der Waals surface area contributed by atoms with Gasteiger partial charge in [0.15, 0.2) is 0 Å². The Morgan fingerprint density at radius 2 is 1.84 bits per heavy atom. The van der Waals surface area contributed by atoms with Crippen molar-refractivity contribution in [3.63, 3.8) is 0 Å². The van der Waals surface area contributed by atoms with E-state index in [2.05, 4.69) is 17.2 Å². The lowest BCUT2D eigenvalue weighted by molar-refractivity contribution is -0.194. The molecule has 2 bridgehead atoms. The maximum atomic E-state index is 12.7. The number of H-pyrrole nitrogens is 1. The van der Waals surface area contributed by atoms with E-state index in [1.807, 2.05) is 18.2 Å². The zero-order valence-corrected chi connectivity index (χ0v) is 17.1. The topological polar surface area (TPSA) is 54.1 Å². The monoisotopic (exact) mass is 428 g/mol. The van der Waals surface area contributed by atoms with Gasteiger partial charge in [-0.2, -0.15) is 13.2 Å². The summed E-state index contributed by atoms with van der Waals surface area (Å²) in [6.45, 7) is 2.56. The van der Waals surface area contributed by atoms with Gasteiger partial charge in [-0.05, 0) is 60.6 Å². The van der Waals surface area contributed by atoms with Gasteiger partial charge in [-0.3, -0.25) is 4.79 Å². The molecule has 6 rings (SSSR count). The number of carbonyl (C=O) groups excluding carboxylic acids is 1. The van der Waals surface area contributed by atoms with E-state index >= 15 is 0 Å². The molecule has 0 aliphatic heterocycles. The van der Waals surface area contributed by atoms with Gasteiger partial charge < -0.3 is 15.0 Å². The maximum absolute atomic E-state index is 12.7. The van der Waals surface area contributed by atoms with Gasteiger partial charge in [-0.1, -0.05) is 19.1 Å². The predicted octanol–water partition coefficient (Wildman–Crippen LogP) is 5.94. The van der Waals surface area contributed by atoms with Crippen LogP contribution in [0.25, 0.3) is 10.9 Å². The number of hydrogen-bond acceptors (Lipinski definition) is 2. The number of carbonyl (C=O) groups is 1. The second kappa shape index (κ2) is 6.77. The van der Waals surface area contributed by atoms with Crippen molar-refractivity contribution in [1.82, 2.24) is 4.98 Å². The van der Waals surface area contributed by atoms with Crippen LogP contribution >= 0.6 is 0 Å². The van der Waals surface area contributed by atoms with Crippen molar-refractivity contribution in [2.24, 2.45) is 10.8 Å². The van der Waals surface area contributed by atoms with Crippen LogP contribution in [-0.4, -0.2) is 17.5 Å². The van der Waals surface area contributed by atoms with Crippen molar-refractivity contribution >= 4 is 22.5 Å². The summed E-state index contributed by atoms with van der Waals surface area (Å²) in [5, 5.41) is 3.94.